The van der Waals surface area contributed by atoms with E-state index in [0.29, 0.717) is 18.0 Å². The van der Waals surface area contributed by atoms with Crippen LogP contribution in [0, 0.1) is 6.92 Å². The van der Waals surface area contributed by atoms with E-state index in [4.69, 9.17) is 9.47 Å². The van der Waals surface area contributed by atoms with E-state index in [1.807, 2.05) is 6.92 Å². The summed E-state index contributed by atoms with van der Waals surface area (Å²) < 4.78 is 34.0. The summed E-state index contributed by atoms with van der Waals surface area (Å²) in [5.74, 6) is 0.898. The van der Waals surface area contributed by atoms with Crippen molar-refractivity contribution in [3.05, 3.63) is 48.0 Å². The van der Waals surface area contributed by atoms with Gasteiger partial charge in [0.1, 0.15) is 11.5 Å². The second-order valence-corrected chi connectivity index (χ2v) is 7.51. The minimum Gasteiger partial charge on any atom is -0.494 e. The van der Waals surface area contributed by atoms with Gasteiger partial charge in [-0.1, -0.05) is 6.07 Å². The van der Waals surface area contributed by atoms with Gasteiger partial charge in [0.05, 0.1) is 11.5 Å². The maximum atomic E-state index is 12.1. The summed E-state index contributed by atoms with van der Waals surface area (Å²) in [6, 6.07) is 11.6. The summed E-state index contributed by atoms with van der Waals surface area (Å²) in [4.78, 5) is 12.2. The number of anilines is 1. The zero-order chi connectivity index (χ0) is 18.4. The van der Waals surface area contributed by atoms with Crippen LogP contribution in [0.4, 0.5) is 5.69 Å². The van der Waals surface area contributed by atoms with Gasteiger partial charge in [-0.3, -0.25) is 4.79 Å². The molecule has 0 aromatic heterocycles. The summed E-state index contributed by atoms with van der Waals surface area (Å²) in [6.07, 6.45) is 1.12. The van der Waals surface area contributed by atoms with Gasteiger partial charge in [-0.2, -0.15) is 0 Å². The summed E-state index contributed by atoms with van der Waals surface area (Å²) in [6.45, 7) is 4.08. The number of carbonyl (C=O) groups is 1. The minimum absolute atomic E-state index is 0.154. The first kappa shape index (κ1) is 18.8. The summed E-state index contributed by atoms with van der Waals surface area (Å²) in [7, 11) is -3.34. The van der Waals surface area contributed by atoms with Crippen LogP contribution in [0.1, 0.15) is 12.5 Å². The number of ether oxygens (including phenoxy) is 2. The van der Waals surface area contributed by atoms with E-state index in [1.54, 1.807) is 37.3 Å². The first-order valence-corrected chi connectivity index (χ1v) is 9.65. The summed E-state index contributed by atoms with van der Waals surface area (Å²) in [5, 5.41) is 2.67. The van der Waals surface area contributed by atoms with Crippen molar-refractivity contribution in [1.82, 2.24) is 0 Å². The molecular weight excluding hydrogens is 342 g/mol. The lowest BCUT2D eigenvalue weighted by Gasteiger charge is -2.11. The Morgan fingerprint density at radius 3 is 2.20 bits per heavy atom. The molecule has 0 aliphatic heterocycles. The third-order valence-electron chi connectivity index (χ3n) is 3.42. The van der Waals surface area contributed by atoms with Crippen LogP contribution >= 0.6 is 0 Å². The molecule has 0 radical (unpaired) electrons. The lowest BCUT2D eigenvalue weighted by molar-refractivity contribution is -0.118. The van der Waals surface area contributed by atoms with Gasteiger partial charge in [-0.25, -0.2) is 8.42 Å². The zero-order valence-corrected chi connectivity index (χ0v) is 15.2. The second kappa shape index (κ2) is 8.02. The number of benzene rings is 2. The third kappa shape index (κ3) is 5.49. The van der Waals surface area contributed by atoms with Gasteiger partial charge in [-0.15, -0.1) is 0 Å². The van der Waals surface area contributed by atoms with Crippen molar-refractivity contribution in [2.45, 2.75) is 18.7 Å². The Morgan fingerprint density at radius 1 is 1.04 bits per heavy atom. The fourth-order valence-corrected chi connectivity index (χ4v) is 2.75. The maximum Gasteiger partial charge on any atom is 0.262 e. The van der Waals surface area contributed by atoms with Gasteiger partial charge < -0.3 is 14.8 Å². The van der Waals surface area contributed by atoms with Gasteiger partial charge >= 0.3 is 0 Å². The number of amides is 1. The van der Waals surface area contributed by atoms with E-state index < -0.39 is 9.84 Å². The highest BCUT2D eigenvalue weighted by Gasteiger charge is 2.11. The molecule has 1 N–H and O–H groups in total. The van der Waals surface area contributed by atoms with Crippen LogP contribution in [-0.4, -0.2) is 33.8 Å². The number of rotatable bonds is 7. The Labute approximate surface area is 147 Å². The first-order chi connectivity index (χ1) is 11.8. The SMILES string of the molecule is CCOc1ccc(OCC(=O)Nc2cc(S(C)(=O)=O)ccc2C)cc1. The number of aryl methyl sites for hydroxylation is 1. The fourth-order valence-electron chi connectivity index (χ4n) is 2.10. The van der Waals surface area contributed by atoms with Gasteiger partial charge in [0, 0.05) is 11.9 Å². The third-order valence-corrected chi connectivity index (χ3v) is 4.53. The predicted molar refractivity (Wildman–Crippen MR) is 96.0 cm³/mol. The highest BCUT2D eigenvalue weighted by atomic mass is 32.2. The average Bonchev–Trinajstić information content (AvgIpc) is 2.55. The molecule has 2 rings (SSSR count). The summed E-state index contributed by atoms with van der Waals surface area (Å²) >= 11 is 0. The van der Waals surface area contributed by atoms with Crippen LogP contribution in [0.3, 0.4) is 0 Å². The second-order valence-electron chi connectivity index (χ2n) is 5.49. The number of hydrogen-bond acceptors (Lipinski definition) is 5. The Balaban J connectivity index is 1.98. The van der Waals surface area contributed by atoms with Gasteiger partial charge in [-0.05, 0) is 55.8 Å². The molecule has 6 nitrogen and oxygen atoms in total. The predicted octanol–water partition coefficient (Wildman–Crippen LogP) is 2.81. The number of sulfone groups is 1. The van der Waals surface area contributed by atoms with Gasteiger partial charge in [0.15, 0.2) is 16.4 Å². The molecule has 134 valence electrons. The topological polar surface area (TPSA) is 81.7 Å². The van der Waals surface area contributed by atoms with Gasteiger partial charge in [0.2, 0.25) is 0 Å². The Kier molecular flexibility index (Phi) is 6.03. The molecule has 0 aliphatic carbocycles. The van der Waals surface area contributed by atoms with Crippen molar-refractivity contribution in [3.8, 4) is 11.5 Å². The lowest BCUT2D eigenvalue weighted by Crippen LogP contribution is -2.20. The van der Waals surface area contributed by atoms with Crippen molar-refractivity contribution in [3.63, 3.8) is 0 Å². The van der Waals surface area contributed by atoms with E-state index in [9.17, 15) is 13.2 Å². The number of nitrogens with one attached hydrogen (secondary N) is 1. The van der Waals surface area contributed by atoms with E-state index in [0.717, 1.165) is 17.6 Å². The van der Waals surface area contributed by atoms with E-state index in [1.165, 1.54) is 12.1 Å². The van der Waals surface area contributed by atoms with E-state index >= 15 is 0 Å². The molecule has 0 aliphatic rings. The van der Waals surface area contributed by atoms with E-state index in [-0.39, 0.29) is 17.4 Å². The van der Waals surface area contributed by atoms with E-state index in [2.05, 4.69) is 5.32 Å². The molecule has 1 amide bonds. The number of carbonyl (C=O) groups excluding carboxylic acids is 1. The number of hydrogen-bond donors (Lipinski definition) is 1. The average molecular weight is 363 g/mol. The molecule has 2 aromatic carbocycles. The Morgan fingerprint density at radius 2 is 1.64 bits per heavy atom. The largest absolute Gasteiger partial charge is 0.494 e. The normalized spacial score (nSPS) is 11.0. The monoisotopic (exact) mass is 363 g/mol. The van der Waals surface area contributed by atoms with Crippen molar-refractivity contribution >= 4 is 21.4 Å². The van der Waals surface area contributed by atoms with Crippen LogP contribution in [0.2, 0.25) is 0 Å². The highest BCUT2D eigenvalue weighted by Crippen LogP contribution is 2.21. The molecule has 0 saturated heterocycles. The molecule has 25 heavy (non-hydrogen) atoms. The maximum absolute atomic E-state index is 12.1. The Hall–Kier alpha value is -2.54. The molecule has 0 unspecified atom stereocenters. The van der Waals surface area contributed by atoms with Crippen molar-refractivity contribution in [2.75, 3.05) is 24.8 Å². The molecule has 2 aromatic rings. The van der Waals surface area contributed by atoms with Crippen LogP contribution < -0.4 is 14.8 Å². The lowest BCUT2D eigenvalue weighted by atomic mass is 10.2. The van der Waals surface area contributed by atoms with Crippen LogP contribution in [0.25, 0.3) is 0 Å². The molecular formula is C18H21NO5S. The Bertz CT molecular complexity index is 844. The molecule has 0 bridgehead atoms. The van der Waals surface area contributed by atoms with Crippen molar-refractivity contribution in [1.29, 1.82) is 0 Å². The van der Waals surface area contributed by atoms with Crippen molar-refractivity contribution < 1.29 is 22.7 Å². The standard InChI is InChI=1S/C18H21NO5S/c1-4-23-14-6-8-15(9-7-14)24-12-18(20)19-17-11-16(25(3,21)22)10-5-13(17)2/h5-11H,4,12H2,1-3H3,(H,19,20). The van der Waals surface area contributed by atoms with Gasteiger partial charge in [0.25, 0.3) is 5.91 Å². The molecule has 0 heterocycles. The molecule has 0 saturated carbocycles. The smallest absolute Gasteiger partial charge is 0.262 e. The quantitative estimate of drug-likeness (QED) is 0.818. The summed E-state index contributed by atoms with van der Waals surface area (Å²) in [5.41, 5.74) is 1.21. The minimum atomic E-state index is -3.34. The molecule has 0 spiro atoms. The zero-order valence-electron chi connectivity index (χ0n) is 14.4. The van der Waals surface area contributed by atoms with Crippen LogP contribution in [0.5, 0.6) is 11.5 Å². The first-order valence-electron chi connectivity index (χ1n) is 7.76. The van der Waals surface area contributed by atoms with Crippen molar-refractivity contribution in [2.24, 2.45) is 0 Å². The molecule has 7 heteroatoms. The van der Waals surface area contributed by atoms with Crippen LogP contribution in [-0.2, 0) is 14.6 Å². The fraction of sp³-hybridized carbons (Fsp3) is 0.278. The molecule has 0 fully saturated rings. The van der Waals surface area contributed by atoms with Crippen LogP contribution in [0.15, 0.2) is 47.4 Å². The highest BCUT2D eigenvalue weighted by molar-refractivity contribution is 7.90. The molecule has 0 atom stereocenters.